The molecular weight excluding hydrogens is 148 g/mol. The molecule has 0 aromatic rings. The monoisotopic (exact) mass is 166 g/mol. The lowest BCUT2D eigenvalue weighted by Gasteiger charge is -2.54. The molecule has 0 saturated heterocycles. The summed E-state index contributed by atoms with van der Waals surface area (Å²) >= 11 is 0. The van der Waals surface area contributed by atoms with Crippen LogP contribution in [-0.2, 0) is 4.79 Å². The molecule has 0 amide bonds. The van der Waals surface area contributed by atoms with Crippen LogP contribution < -0.4 is 0 Å². The molecule has 0 heterocycles. The second-order valence-electron chi connectivity index (χ2n) is 5.62. The van der Waals surface area contributed by atoms with Crippen LogP contribution in [0.15, 0.2) is 0 Å². The molecule has 0 aromatic heterocycles. The van der Waals surface area contributed by atoms with E-state index in [0.717, 1.165) is 18.8 Å². The fourth-order valence-corrected chi connectivity index (χ4v) is 3.09. The van der Waals surface area contributed by atoms with Gasteiger partial charge in [-0.3, -0.25) is 4.79 Å². The van der Waals surface area contributed by atoms with Gasteiger partial charge in [0, 0.05) is 11.8 Å². The van der Waals surface area contributed by atoms with E-state index in [0.29, 0.717) is 11.2 Å². The van der Waals surface area contributed by atoms with Crippen LogP contribution in [-0.4, -0.2) is 5.78 Å². The van der Waals surface area contributed by atoms with Crippen molar-refractivity contribution in [3.8, 4) is 0 Å². The minimum absolute atomic E-state index is 0.0712. The van der Waals surface area contributed by atoms with Gasteiger partial charge in [-0.25, -0.2) is 0 Å². The van der Waals surface area contributed by atoms with Gasteiger partial charge in [-0.05, 0) is 30.6 Å². The number of carbonyl (C=O) groups is 1. The number of ketones is 1. The minimum atomic E-state index is 0.0712. The van der Waals surface area contributed by atoms with Crippen LogP contribution in [0.4, 0.5) is 0 Å². The Morgan fingerprint density at radius 1 is 1.33 bits per heavy atom. The number of hydrogen-bond donors (Lipinski definition) is 0. The largest absolute Gasteiger partial charge is 0.299 e. The van der Waals surface area contributed by atoms with Gasteiger partial charge >= 0.3 is 0 Å². The van der Waals surface area contributed by atoms with Gasteiger partial charge in [0.1, 0.15) is 5.78 Å². The Morgan fingerprint density at radius 3 is 2.50 bits per heavy atom. The maximum Gasteiger partial charge on any atom is 0.139 e. The number of Topliss-reactive ketones (excluding diaryl/α,β-unsaturated/α-hetero) is 1. The summed E-state index contributed by atoms with van der Waals surface area (Å²) in [7, 11) is 0. The molecule has 1 nitrogen and oxygen atoms in total. The number of fused-ring (bicyclic) bond motifs is 1. The molecule has 2 aliphatic carbocycles. The van der Waals surface area contributed by atoms with Crippen LogP contribution in [0.5, 0.6) is 0 Å². The summed E-state index contributed by atoms with van der Waals surface area (Å²) in [5.74, 6) is 1.23. The van der Waals surface area contributed by atoms with Crippen molar-refractivity contribution >= 4 is 5.78 Å². The summed E-state index contributed by atoms with van der Waals surface area (Å²) in [6.45, 7) is 6.75. The second-order valence-corrected chi connectivity index (χ2v) is 5.62. The SMILES string of the molecule is CC1(C)CC[C@H]2CC(=O)[C@@]2(C)C1. The summed E-state index contributed by atoms with van der Waals surface area (Å²) in [6, 6.07) is 0. The van der Waals surface area contributed by atoms with Crippen molar-refractivity contribution < 1.29 is 4.79 Å². The molecule has 12 heavy (non-hydrogen) atoms. The van der Waals surface area contributed by atoms with Crippen molar-refractivity contribution in [1.82, 2.24) is 0 Å². The van der Waals surface area contributed by atoms with E-state index in [4.69, 9.17) is 0 Å². The van der Waals surface area contributed by atoms with E-state index < -0.39 is 0 Å². The number of hydrogen-bond acceptors (Lipinski definition) is 1. The van der Waals surface area contributed by atoms with Crippen LogP contribution in [0.1, 0.15) is 46.5 Å². The molecule has 2 saturated carbocycles. The maximum absolute atomic E-state index is 11.5. The first-order valence-electron chi connectivity index (χ1n) is 4.97. The van der Waals surface area contributed by atoms with Gasteiger partial charge in [0.15, 0.2) is 0 Å². The van der Waals surface area contributed by atoms with Crippen LogP contribution in [0.25, 0.3) is 0 Å². The highest BCUT2D eigenvalue weighted by atomic mass is 16.1. The van der Waals surface area contributed by atoms with E-state index in [1.165, 1.54) is 12.8 Å². The third-order valence-electron chi connectivity index (χ3n) is 3.99. The van der Waals surface area contributed by atoms with E-state index in [1.807, 2.05) is 0 Å². The Hall–Kier alpha value is -0.330. The molecule has 0 N–H and O–H groups in total. The zero-order chi connectivity index (χ0) is 8.98. The standard InChI is InChI=1S/C11H18O/c1-10(2)5-4-8-6-9(12)11(8,3)7-10/h8H,4-7H2,1-3H3/t8-,11-/m0/s1. The Balaban J connectivity index is 2.19. The van der Waals surface area contributed by atoms with Crippen molar-refractivity contribution in [2.24, 2.45) is 16.7 Å². The second kappa shape index (κ2) is 2.12. The van der Waals surface area contributed by atoms with Crippen LogP contribution in [0.2, 0.25) is 0 Å². The van der Waals surface area contributed by atoms with E-state index in [2.05, 4.69) is 20.8 Å². The lowest BCUT2D eigenvalue weighted by atomic mass is 9.49. The topological polar surface area (TPSA) is 17.1 Å². The van der Waals surface area contributed by atoms with E-state index >= 15 is 0 Å². The van der Waals surface area contributed by atoms with E-state index in [-0.39, 0.29) is 5.41 Å². The van der Waals surface area contributed by atoms with E-state index in [1.54, 1.807) is 0 Å². The molecule has 2 rings (SSSR count). The lowest BCUT2D eigenvalue weighted by Crippen LogP contribution is -2.53. The molecule has 0 radical (unpaired) electrons. The van der Waals surface area contributed by atoms with Crippen molar-refractivity contribution in [2.45, 2.75) is 46.5 Å². The van der Waals surface area contributed by atoms with E-state index in [9.17, 15) is 4.79 Å². The van der Waals surface area contributed by atoms with Crippen molar-refractivity contribution in [3.63, 3.8) is 0 Å². The summed E-state index contributed by atoms with van der Waals surface area (Å²) in [5, 5.41) is 0. The van der Waals surface area contributed by atoms with Crippen molar-refractivity contribution in [1.29, 1.82) is 0 Å². The van der Waals surface area contributed by atoms with Gasteiger partial charge in [-0.15, -0.1) is 0 Å². The Kier molecular flexibility index (Phi) is 1.47. The van der Waals surface area contributed by atoms with Gasteiger partial charge in [-0.1, -0.05) is 20.8 Å². The summed E-state index contributed by atoms with van der Waals surface area (Å²) in [4.78, 5) is 11.5. The molecule has 1 heteroatoms. The average Bonchev–Trinajstić information content (AvgIpc) is 1.94. The molecule has 68 valence electrons. The van der Waals surface area contributed by atoms with Gasteiger partial charge in [0.2, 0.25) is 0 Å². The van der Waals surface area contributed by atoms with Gasteiger partial charge in [-0.2, -0.15) is 0 Å². The first kappa shape index (κ1) is 8.28. The predicted octanol–water partition coefficient (Wildman–Crippen LogP) is 2.79. The Bertz CT molecular complexity index is 229. The highest BCUT2D eigenvalue weighted by Crippen LogP contribution is 2.57. The zero-order valence-corrected chi connectivity index (χ0v) is 8.31. The van der Waals surface area contributed by atoms with Gasteiger partial charge in [0.25, 0.3) is 0 Å². The Morgan fingerprint density at radius 2 is 2.00 bits per heavy atom. The van der Waals surface area contributed by atoms with Gasteiger partial charge in [0.05, 0.1) is 0 Å². The quantitative estimate of drug-likeness (QED) is 0.541. The highest BCUT2D eigenvalue weighted by molar-refractivity contribution is 5.91. The molecule has 2 fully saturated rings. The molecule has 2 aliphatic rings. The molecule has 0 aliphatic heterocycles. The van der Waals surface area contributed by atoms with Crippen LogP contribution >= 0.6 is 0 Å². The summed E-state index contributed by atoms with van der Waals surface area (Å²) in [5.41, 5.74) is 0.475. The maximum atomic E-state index is 11.5. The predicted molar refractivity (Wildman–Crippen MR) is 48.9 cm³/mol. The normalized spacial score (nSPS) is 44.9. The van der Waals surface area contributed by atoms with Crippen molar-refractivity contribution in [3.05, 3.63) is 0 Å². The molecular formula is C11H18O. The number of rotatable bonds is 0. The Labute approximate surface area is 74.5 Å². The summed E-state index contributed by atoms with van der Waals surface area (Å²) < 4.78 is 0. The molecule has 0 spiro atoms. The lowest BCUT2D eigenvalue weighted by molar-refractivity contribution is -0.153. The molecule has 0 aromatic carbocycles. The summed E-state index contributed by atoms with van der Waals surface area (Å²) in [6.07, 6.45) is 4.56. The zero-order valence-electron chi connectivity index (χ0n) is 8.31. The first-order chi connectivity index (χ1) is 5.44. The fraction of sp³-hybridized carbons (Fsp3) is 0.909. The van der Waals surface area contributed by atoms with Gasteiger partial charge < -0.3 is 0 Å². The van der Waals surface area contributed by atoms with Crippen LogP contribution in [0, 0.1) is 16.7 Å². The number of carbonyl (C=O) groups excluding carboxylic acids is 1. The third-order valence-corrected chi connectivity index (χ3v) is 3.99. The highest BCUT2D eigenvalue weighted by Gasteiger charge is 2.55. The smallest absolute Gasteiger partial charge is 0.139 e. The minimum Gasteiger partial charge on any atom is -0.299 e. The molecule has 0 bridgehead atoms. The average molecular weight is 166 g/mol. The van der Waals surface area contributed by atoms with Crippen molar-refractivity contribution in [2.75, 3.05) is 0 Å². The van der Waals surface area contributed by atoms with Crippen LogP contribution in [0.3, 0.4) is 0 Å². The third kappa shape index (κ3) is 0.949. The first-order valence-corrected chi connectivity index (χ1v) is 4.97. The molecule has 0 unspecified atom stereocenters. The molecule has 2 atom stereocenters. The fourth-order valence-electron chi connectivity index (χ4n) is 3.09.